The van der Waals surface area contributed by atoms with E-state index in [-0.39, 0.29) is 11.2 Å². The van der Waals surface area contributed by atoms with Crippen LogP contribution in [-0.4, -0.2) is 12.4 Å². The van der Waals surface area contributed by atoms with Gasteiger partial charge in [0.15, 0.2) is 5.78 Å². The predicted octanol–water partition coefficient (Wildman–Crippen LogP) is 4.34. The molecule has 18 heavy (non-hydrogen) atoms. The molecule has 0 saturated carbocycles. The van der Waals surface area contributed by atoms with Crippen molar-refractivity contribution in [2.75, 3.05) is 6.61 Å². The number of Topliss-reactive ketones (excluding diaryl/α,β-unsaturated/α-hetero) is 1. The quantitative estimate of drug-likeness (QED) is 0.724. The molecule has 0 heterocycles. The summed E-state index contributed by atoms with van der Waals surface area (Å²) in [5.74, 6) is 1.22. The molecule has 0 aliphatic rings. The minimum Gasteiger partial charge on any atom is -0.493 e. The average Bonchev–Trinajstić information content (AvgIpc) is 2.28. The van der Waals surface area contributed by atoms with E-state index in [1.165, 1.54) is 0 Å². The first-order valence-electron chi connectivity index (χ1n) is 6.61. The molecule has 0 amide bonds. The van der Waals surface area contributed by atoms with E-state index >= 15 is 0 Å². The number of rotatable bonds is 5. The molecule has 1 rings (SSSR count). The average molecular weight is 248 g/mol. The normalized spacial score (nSPS) is 13.2. The summed E-state index contributed by atoms with van der Waals surface area (Å²) in [7, 11) is 0. The molecule has 100 valence electrons. The smallest absolute Gasteiger partial charge is 0.166 e. The van der Waals surface area contributed by atoms with Gasteiger partial charge in [0.2, 0.25) is 0 Å². The summed E-state index contributed by atoms with van der Waals surface area (Å²) in [6.07, 6.45) is 0.563. The molecule has 1 atom stereocenters. The number of hydrogen-bond donors (Lipinski definition) is 0. The zero-order chi connectivity index (χ0) is 13.8. The number of benzene rings is 1. The second kappa shape index (κ2) is 6.03. The van der Waals surface area contributed by atoms with Gasteiger partial charge in [0.1, 0.15) is 5.75 Å². The Morgan fingerprint density at radius 3 is 2.44 bits per heavy atom. The molecule has 0 spiro atoms. The highest BCUT2D eigenvalue weighted by Gasteiger charge is 2.24. The minimum absolute atomic E-state index is 0.149. The Kier molecular flexibility index (Phi) is 4.94. The molecule has 0 N–H and O–H groups in total. The number of para-hydroxylation sites is 1. The molecule has 2 nitrogen and oxygen atoms in total. The summed E-state index contributed by atoms with van der Waals surface area (Å²) in [5.41, 5.74) is 0.853. The number of carbonyl (C=O) groups excluding carboxylic acids is 1. The Bertz CT molecular complexity index is 402. The first kappa shape index (κ1) is 14.7. The Balaban J connectivity index is 2.84. The number of carbonyl (C=O) groups is 1. The number of ketones is 1. The summed E-state index contributed by atoms with van der Waals surface area (Å²) in [6.45, 7) is 11.1. The van der Waals surface area contributed by atoms with Gasteiger partial charge in [-0.3, -0.25) is 4.79 Å². The maximum atomic E-state index is 12.3. The van der Waals surface area contributed by atoms with Crippen LogP contribution in [0.15, 0.2) is 24.3 Å². The van der Waals surface area contributed by atoms with Crippen LogP contribution in [-0.2, 0) is 0 Å². The van der Waals surface area contributed by atoms with Crippen molar-refractivity contribution in [3.63, 3.8) is 0 Å². The predicted molar refractivity (Wildman–Crippen MR) is 75.2 cm³/mol. The van der Waals surface area contributed by atoms with Crippen molar-refractivity contribution < 1.29 is 9.53 Å². The molecule has 0 aliphatic heterocycles. The van der Waals surface area contributed by atoms with Gasteiger partial charge in [-0.15, -0.1) is 0 Å². The van der Waals surface area contributed by atoms with Gasteiger partial charge in [-0.05, 0) is 30.4 Å². The van der Waals surface area contributed by atoms with Gasteiger partial charge < -0.3 is 4.74 Å². The number of ether oxygens (including phenoxy) is 1. The largest absolute Gasteiger partial charge is 0.493 e. The lowest BCUT2D eigenvalue weighted by Crippen LogP contribution is -2.20. The minimum atomic E-state index is 0.149. The topological polar surface area (TPSA) is 26.3 Å². The lowest BCUT2D eigenvalue weighted by molar-refractivity contribution is 0.0923. The third-order valence-electron chi connectivity index (χ3n) is 3.46. The summed E-state index contributed by atoms with van der Waals surface area (Å²) < 4.78 is 5.50. The zero-order valence-electron chi connectivity index (χ0n) is 12.1. The fourth-order valence-electron chi connectivity index (χ4n) is 1.67. The zero-order valence-corrected chi connectivity index (χ0v) is 12.1. The molecule has 1 aromatic carbocycles. The van der Waals surface area contributed by atoms with E-state index in [4.69, 9.17) is 4.74 Å². The third-order valence-corrected chi connectivity index (χ3v) is 3.46. The highest BCUT2D eigenvalue weighted by molar-refractivity contribution is 5.98. The van der Waals surface area contributed by atoms with Crippen molar-refractivity contribution in [3.8, 4) is 5.75 Å². The highest BCUT2D eigenvalue weighted by Crippen LogP contribution is 2.30. The molecular formula is C16H24O2. The van der Waals surface area contributed by atoms with Gasteiger partial charge in [0, 0.05) is 6.42 Å². The van der Waals surface area contributed by atoms with Crippen LogP contribution >= 0.6 is 0 Å². The fraction of sp³-hybridized carbons (Fsp3) is 0.562. The maximum absolute atomic E-state index is 12.3. The maximum Gasteiger partial charge on any atom is 0.166 e. The van der Waals surface area contributed by atoms with Crippen LogP contribution in [0.4, 0.5) is 0 Å². The van der Waals surface area contributed by atoms with Crippen LogP contribution in [0.3, 0.4) is 0 Å². The Morgan fingerprint density at radius 1 is 1.28 bits per heavy atom. The lowest BCUT2D eigenvalue weighted by Gasteiger charge is -2.26. The van der Waals surface area contributed by atoms with Crippen molar-refractivity contribution in [1.82, 2.24) is 0 Å². The standard InChI is InChI=1S/C16H24O2/c1-6-18-15-10-8-7-9-13(15)14(17)11-12(2)16(3,4)5/h7-10,12H,6,11H2,1-5H3. The molecule has 0 radical (unpaired) electrons. The van der Waals surface area contributed by atoms with Crippen molar-refractivity contribution in [2.24, 2.45) is 11.3 Å². The van der Waals surface area contributed by atoms with Crippen molar-refractivity contribution in [3.05, 3.63) is 29.8 Å². The van der Waals surface area contributed by atoms with E-state index in [1.807, 2.05) is 31.2 Å². The molecule has 0 aliphatic carbocycles. The second-order valence-electron chi connectivity index (χ2n) is 5.82. The van der Waals surface area contributed by atoms with Gasteiger partial charge >= 0.3 is 0 Å². The highest BCUT2D eigenvalue weighted by atomic mass is 16.5. The number of hydrogen-bond acceptors (Lipinski definition) is 2. The Morgan fingerprint density at radius 2 is 1.89 bits per heavy atom. The first-order chi connectivity index (χ1) is 8.36. The Labute approximate surface area is 110 Å². The van der Waals surface area contributed by atoms with Gasteiger partial charge in [-0.1, -0.05) is 39.8 Å². The van der Waals surface area contributed by atoms with Crippen LogP contribution in [0.2, 0.25) is 0 Å². The van der Waals surface area contributed by atoms with Crippen LogP contribution in [0, 0.1) is 11.3 Å². The second-order valence-corrected chi connectivity index (χ2v) is 5.82. The van der Waals surface area contributed by atoms with Crippen molar-refractivity contribution in [1.29, 1.82) is 0 Å². The van der Waals surface area contributed by atoms with E-state index < -0.39 is 0 Å². The van der Waals surface area contributed by atoms with Crippen LogP contribution in [0.25, 0.3) is 0 Å². The summed E-state index contributed by atoms with van der Waals surface area (Å²) in [4.78, 5) is 12.3. The van der Waals surface area contributed by atoms with Crippen LogP contribution < -0.4 is 4.74 Å². The van der Waals surface area contributed by atoms with Gasteiger partial charge in [0.05, 0.1) is 12.2 Å². The molecular weight excluding hydrogens is 224 g/mol. The van der Waals surface area contributed by atoms with Crippen molar-refractivity contribution in [2.45, 2.75) is 41.0 Å². The molecule has 0 aromatic heterocycles. The van der Waals surface area contributed by atoms with Gasteiger partial charge in [-0.2, -0.15) is 0 Å². The SMILES string of the molecule is CCOc1ccccc1C(=O)CC(C)C(C)(C)C. The van der Waals surface area contributed by atoms with E-state index in [0.717, 1.165) is 0 Å². The summed E-state index contributed by atoms with van der Waals surface area (Å²) >= 11 is 0. The van der Waals surface area contributed by atoms with Crippen LogP contribution in [0.1, 0.15) is 51.4 Å². The summed E-state index contributed by atoms with van der Waals surface area (Å²) in [5, 5.41) is 0. The van der Waals surface area contributed by atoms with E-state index in [2.05, 4.69) is 27.7 Å². The third kappa shape index (κ3) is 3.86. The van der Waals surface area contributed by atoms with Gasteiger partial charge in [0.25, 0.3) is 0 Å². The monoisotopic (exact) mass is 248 g/mol. The molecule has 2 heteroatoms. The lowest BCUT2D eigenvalue weighted by atomic mass is 9.78. The van der Waals surface area contributed by atoms with E-state index in [9.17, 15) is 4.79 Å². The fourth-order valence-corrected chi connectivity index (χ4v) is 1.67. The molecule has 1 unspecified atom stereocenters. The molecule has 0 saturated heterocycles. The van der Waals surface area contributed by atoms with Crippen molar-refractivity contribution >= 4 is 5.78 Å². The van der Waals surface area contributed by atoms with E-state index in [0.29, 0.717) is 30.3 Å². The van der Waals surface area contributed by atoms with Crippen LogP contribution in [0.5, 0.6) is 5.75 Å². The molecule has 0 fully saturated rings. The van der Waals surface area contributed by atoms with E-state index in [1.54, 1.807) is 0 Å². The molecule has 1 aromatic rings. The summed E-state index contributed by atoms with van der Waals surface area (Å²) in [6, 6.07) is 7.49. The van der Waals surface area contributed by atoms with Gasteiger partial charge in [-0.25, -0.2) is 0 Å². The Hall–Kier alpha value is -1.31. The molecule has 0 bridgehead atoms. The first-order valence-corrected chi connectivity index (χ1v) is 6.61.